The van der Waals surface area contributed by atoms with Gasteiger partial charge in [-0.25, -0.2) is 13.2 Å². The molecule has 186 valence electrons. The van der Waals surface area contributed by atoms with Gasteiger partial charge in [-0.1, -0.05) is 30.4 Å². The van der Waals surface area contributed by atoms with Crippen LogP contribution in [0.5, 0.6) is 0 Å². The van der Waals surface area contributed by atoms with Crippen LogP contribution in [0.4, 0.5) is 24.5 Å². The fourth-order valence-corrected chi connectivity index (χ4v) is 5.96. The van der Waals surface area contributed by atoms with Crippen molar-refractivity contribution in [2.75, 3.05) is 10.0 Å². The third kappa shape index (κ3) is 4.44. The van der Waals surface area contributed by atoms with Crippen molar-refractivity contribution in [3.8, 4) is 0 Å². The number of aromatic carboxylic acids is 1. The zero-order valence-corrected chi connectivity index (χ0v) is 19.5. The third-order valence-electron chi connectivity index (χ3n) is 6.60. The molecule has 1 aliphatic carbocycles. The van der Waals surface area contributed by atoms with Crippen LogP contribution in [0.15, 0.2) is 83.8 Å². The smallest absolute Gasteiger partial charge is 0.416 e. The molecule has 0 amide bonds. The average Bonchev–Trinajstić information content (AvgIpc) is 3.33. The van der Waals surface area contributed by atoms with E-state index in [1.54, 1.807) is 36.4 Å². The molecular formula is C26H21F3N2O4S. The fourth-order valence-electron chi connectivity index (χ4n) is 4.88. The number of anilines is 2. The summed E-state index contributed by atoms with van der Waals surface area (Å²) in [7, 11) is -4.14. The SMILES string of the molecule is O=C(O)c1ccc([C@H]2Nc3ccc(S(=O)(=O)Nc4cccc(C(F)(F)F)c4)cc3[C@H]3C=CC[C@H]32)cc1. The molecule has 1 heterocycles. The molecule has 3 N–H and O–H groups in total. The summed E-state index contributed by atoms with van der Waals surface area (Å²) in [5.41, 5.74) is 1.52. The van der Waals surface area contributed by atoms with E-state index in [9.17, 15) is 31.5 Å². The van der Waals surface area contributed by atoms with Gasteiger partial charge in [0.1, 0.15) is 0 Å². The van der Waals surface area contributed by atoms with Gasteiger partial charge >= 0.3 is 12.1 Å². The molecule has 0 bridgehead atoms. The van der Waals surface area contributed by atoms with Crippen molar-refractivity contribution in [1.29, 1.82) is 0 Å². The van der Waals surface area contributed by atoms with Crippen LogP contribution in [-0.4, -0.2) is 19.5 Å². The Bertz CT molecular complexity index is 1470. The number of rotatable bonds is 5. The lowest BCUT2D eigenvalue weighted by Crippen LogP contribution is -2.29. The zero-order valence-electron chi connectivity index (χ0n) is 18.7. The molecule has 10 heteroatoms. The Balaban J connectivity index is 1.44. The number of nitrogens with one attached hydrogen (secondary N) is 2. The van der Waals surface area contributed by atoms with E-state index in [1.807, 2.05) is 12.2 Å². The first kappa shape index (κ1) is 23.9. The topological polar surface area (TPSA) is 95.5 Å². The Labute approximate surface area is 205 Å². The summed E-state index contributed by atoms with van der Waals surface area (Å²) in [5.74, 6) is -0.993. The number of benzene rings is 3. The van der Waals surface area contributed by atoms with Crippen molar-refractivity contribution < 1.29 is 31.5 Å². The van der Waals surface area contributed by atoms with Crippen LogP contribution >= 0.6 is 0 Å². The molecule has 0 fully saturated rings. The van der Waals surface area contributed by atoms with Gasteiger partial charge in [-0.05, 0) is 72.0 Å². The van der Waals surface area contributed by atoms with Gasteiger partial charge in [-0.3, -0.25) is 4.72 Å². The molecule has 0 saturated carbocycles. The van der Waals surface area contributed by atoms with Gasteiger partial charge in [0.15, 0.2) is 0 Å². The first-order valence-electron chi connectivity index (χ1n) is 11.1. The van der Waals surface area contributed by atoms with E-state index in [-0.39, 0.29) is 34.0 Å². The highest BCUT2D eigenvalue weighted by molar-refractivity contribution is 7.92. The number of carboxylic acid groups (broad SMARTS) is 1. The molecule has 2 aliphatic rings. The molecule has 3 aromatic rings. The van der Waals surface area contributed by atoms with Crippen molar-refractivity contribution in [1.82, 2.24) is 0 Å². The highest BCUT2D eigenvalue weighted by Gasteiger charge is 2.38. The average molecular weight is 515 g/mol. The summed E-state index contributed by atoms with van der Waals surface area (Å²) in [5, 5.41) is 12.6. The van der Waals surface area contributed by atoms with Gasteiger partial charge in [-0.2, -0.15) is 13.2 Å². The Morgan fingerprint density at radius 1 is 1.03 bits per heavy atom. The number of alkyl halides is 3. The van der Waals surface area contributed by atoms with Crippen LogP contribution in [-0.2, 0) is 16.2 Å². The van der Waals surface area contributed by atoms with Gasteiger partial charge < -0.3 is 10.4 Å². The Morgan fingerprint density at radius 3 is 2.47 bits per heavy atom. The lowest BCUT2D eigenvalue weighted by Gasteiger charge is -2.37. The Morgan fingerprint density at radius 2 is 1.78 bits per heavy atom. The largest absolute Gasteiger partial charge is 0.478 e. The Hall–Kier alpha value is -3.79. The van der Waals surface area contributed by atoms with Crippen molar-refractivity contribution >= 4 is 27.4 Å². The summed E-state index contributed by atoms with van der Waals surface area (Å²) < 4.78 is 67.4. The first-order chi connectivity index (χ1) is 17.0. The minimum Gasteiger partial charge on any atom is -0.478 e. The van der Waals surface area contributed by atoms with Crippen LogP contribution in [0, 0.1) is 5.92 Å². The molecular weight excluding hydrogens is 493 g/mol. The highest BCUT2D eigenvalue weighted by atomic mass is 32.2. The van der Waals surface area contributed by atoms with Crippen LogP contribution in [0.1, 0.15) is 45.4 Å². The number of sulfonamides is 1. The van der Waals surface area contributed by atoms with Crippen molar-refractivity contribution in [3.63, 3.8) is 0 Å². The van der Waals surface area contributed by atoms with Crippen molar-refractivity contribution in [2.45, 2.75) is 29.5 Å². The molecule has 1 aliphatic heterocycles. The summed E-state index contributed by atoms with van der Waals surface area (Å²) in [6.07, 6.45) is 0.224. The standard InChI is InChI=1S/C26H21F3N2O4S/c27-26(28,29)17-3-1-4-18(13-17)31-36(34,35)19-11-12-23-22(14-19)20-5-2-6-21(20)24(30-23)15-7-9-16(10-8-15)25(32)33/h1-5,7-14,20-21,24,30-31H,6H2,(H,32,33)/t20-,21+,24+/m0/s1. The number of halogens is 3. The van der Waals surface area contributed by atoms with E-state index >= 15 is 0 Å². The Kier molecular flexibility index (Phi) is 5.78. The predicted molar refractivity (Wildman–Crippen MR) is 128 cm³/mol. The molecule has 0 radical (unpaired) electrons. The molecule has 5 rings (SSSR count). The molecule has 6 nitrogen and oxygen atoms in total. The first-order valence-corrected chi connectivity index (χ1v) is 12.6. The van der Waals surface area contributed by atoms with Gasteiger partial charge in [-0.15, -0.1) is 0 Å². The second-order valence-corrected chi connectivity index (χ2v) is 10.5. The minimum atomic E-state index is -4.59. The van der Waals surface area contributed by atoms with Gasteiger partial charge in [0.2, 0.25) is 0 Å². The van der Waals surface area contributed by atoms with Crippen molar-refractivity contribution in [2.24, 2.45) is 5.92 Å². The van der Waals surface area contributed by atoms with Crippen LogP contribution in [0.25, 0.3) is 0 Å². The van der Waals surface area contributed by atoms with Crippen LogP contribution < -0.4 is 10.0 Å². The number of fused-ring (bicyclic) bond motifs is 3. The molecule has 0 aromatic heterocycles. The van der Waals surface area contributed by atoms with E-state index < -0.39 is 27.7 Å². The number of allylic oxidation sites excluding steroid dienone is 2. The number of hydrogen-bond acceptors (Lipinski definition) is 4. The normalized spacial score (nSPS) is 20.8. The van der Waals surface area contributed by atoms with E-state index in [1.165, 1.54) is 12.1 Å². The monoisotopic (exact) mass is 514 g/mol. The number of carboxylic acids is 1. The van der Waals surface area contributed by atoms with E-state index in [0.717, 1.165) is 41.4 Å². The molecule has 3 aromatic carbocycles. The van der Waals surface area contributed by atoms with E-state index in [0.29, 0.717) is 0 Å². The summed E-state index contributed by atoms with van der Waals surface area (Å²) >= 11 is 0. The molecule has 36 heavy (non-hydrogen) atoms. The van der Waals surface area contributed by atoms with E-state index in [2.05, 4.69) is 10.0 Å². The lowest BCUT2D eigenvalue weighted by molar-refractivity contribution is -0.137. The number of hydrogen-bond donors (Lipinski definition) is 3. The number of carbonyl (C=O) groups is 1. The molecule has 0 spiro atoms. The maximum absolute atomic E-state index is 13.0. The summed E-state index contributed by atoms with van der Waals surface area (Å²) in [6.45, 7) is 0. The quantitative estimate of drug-likeness (QED) is 0.362. The lowest BCUT2D eigenvalue weighted by atomic mass is 9.77. The van der Waals surface area contributed by atoms with Crippen LogP contribution in [0.3, 0.4) is 0 Å². The molecule has 0 unspecified atom stereocenters. The second-order valence-electron chi connectivity index (χ2n) is 8.84. The predicted octanol–water partition coefficient (Wildman–Crippen LogP) is 6.03. The molecule has 3 atom stereocenters. The maximum atomic E-state index is 13.0. The summed E-state index contributed by atoms with van der Waals surface area (Å²) in [6, 6.07) is 15.2. The maximum Gasteiger partial charge on any atom is 0.416 e. The summed E-state index contributed by atoms with van der Waals surface area (Å²) in [4.78, 5) is 11.1. The van der Waals surface area contributed by atoms with Crippen LogP contribution in [0.2, 0.25) is 0 Å². The zero-order chi connectivity index (χ0) is 25.7. The highest BCUT2D eigenvalue weighted by Crippen LogP contribution is 2.50. The van der Waals surface area contributed by atoms with Gasteiger partial charge in [0.25, 0.3) is 10.0 Å². The van der Waals surface area contributed by atoms with Gasteiger partial charge in [0.05, 0.1) is 22.1 Å². The fraction of sp³-hybridized carbons (Fsp3) is 0.192. The third-order valence-corrected chi connectivity index (χ3v) is 7.98. The van der Waals surface area contributed by atoms with E-state index in [4.69, 9.17) is 0 Å². The molecule has 0 saturated heterocycles. The van der Waals surface area contributed by atoms with Gasteiger partial charge in [0, 0.05) is 17.3 Å². The second kappa shape index (κ2) is 8.70. The minimum absolute atomic E-state index is 0.0521. The van der Waals surface area contributed by atoms with Crippen molar-refractivity contribution in [3.05, 3.63) is 101 Å².